The molecule has 4 aliphatic rings. The summed E-state index contributed by atoms with van der Waals surface area (Å²) in [7, 11) is 0. The molecule has 4 fully saturated rings. The van der Waals surface area contributed by atoms with E-state index in [0.29, 0.717) is 19.4 Å². The van der Waals surface area contributed by atoms with E-state index in [9.17, 15) is 19.5 Å². The number of nitrogens with zero attached hydrogens (tertiary/aromatic N) is 1. The molecule has 3 amide bonds. The fraction of sp³-hybridized carbons (Fsp3) is 0.700. The minimum Gasteiger partial charge on any atom is -0.394 e. The van der Waals surface area contributed by atoms with Crippen LogP contribution in [0.15, 0.2) is 30.3 Å². The third-order valence-corrected chi connectivity index (χ3v) is 9.70. The van der Waals surface area contributed by atoms with Crippen LogP contribution in [0.4, 0.5) is 0 Å². The van der Waals surface area contributed by atoms with Gasteiger partial charge in [-0.2, -0.15) is 0 Å². The van der Waals surface area contributed by atoms with Gasteiger partial charge in [-0.3, -0.25) is 14.4 Å². The quantitative estimate of drug-likeness (QED) is 0.459. The first-order chi connectivity index (χ1) is 18.3. The second-order valence-corrected chi connectivity index (χ2v) is 12.1. The Bertz CT molecular complexity index is 1040. The van der Waals surface area contributed by atoms with E-state index in [1.165, 1.54) is 6.42 Å². The van der Waals surface area contributed by atoms with Crippen LogP contribution >= 0.6 is 0 Å². The van der Waals surface area contributed by atoms with Crippen LogP contribution in [0, 0.1) is 17.8 Å². The number of nitrogens with one attached hydrogen (secondary N) is 2. The summed E-state index contributed by atoms with van der Waals surface area (Å²) in [4.78, 5) is 43.7. The number of hydrogen-bond donors (Lipinski definition) is 3. The first-order valence-corrected chi connectivity index (χ1v) is 14.5. The lowest BCUT2D eigenvalue weighted by molar-refractivity contribution is -0.151. The van der Waals surface area contributed by atoms with Gasteiger partial charge in [0.15, 0.2) is 0 Å². The molecule has 208 valence electrons. The van der Waals surface area contributed by atoms with Crippen LogP contribution in [-0.4, -0.2) is 70.2 Å². The van der Waals surface area contributed by atoms with Crippen LogP contribution in [0.5, 0.6) is 0 Å². The van der Waals surface area contributed by atoms with Gasteiger partial charge in [-0.15, -0.1) is 0 Å². The Kier molecular flexibility index (Phi) is 7.57. The molecule has 5 rings (SSSR count). The zero-order chi connectivity index (χ0) is 27.1. The van der Waals surface area contributed by atoms with Crippen LogP contribution in [0.1, 0.15) is 71.3 Å². The summed E-state index contributed by atoms with van der Waals surface area (Å²) >= 11 is 0. The summed E-state index contributed by atoms with van der Waals surface area (Å²) in [5.41, 5.74) is -0.951. The number of aliphatic hydroxyl groups excluding tert-OH is 1. The van der Waals surface area contributed by atoms with Crippen LogP contribution in [0.3, 0.4) is 0 Å². The molecule has 38 heavy (non-hydrogen) atoms. The predicted molar refractivity (Wildman–Crippen MR) is 143 cm³/mol. The minimum absolute atomic E-state index is 0.00411. The van der Waals surface area contributed by atoms with E-state index in [2.05, 4.69) is 17.6 Å². The summed E-state index contributed by atoms with van der Waals surface area (Å²) in [5.74, 6) is -2.10. The van der Waals surface area contributed by atoms with Gasteiger partial charge in [-0.05, 0) is 50.5 Å². The zero-order valence-electron chi connectivity index (χ0n) is 22.9. The molecule has 0 radical (unpaired) electrons. The van der Waals surface area contributed by atoms with Gasteiger partial charge in [0.25, 0.3) is 0 Å². The van der Waals surface area contributed by atoms with Crippen molar-refractivity contribution in [2.75, 3.05) is 13.2 Å². The molecule has 3 unspecified atom stereocenters. The molecule has 1 aliphatic carbocycles. The van der Waals surface area contributed by atoms with Crippen molar-refractivity contribution in [2.24, 2.45) is 17.8 Å². The maximum Gasteiger partial charge on any atom is 0.246 e. The van der Waals surface area contributed by atoms with Crippen molar-refractivity contribution in [2.45, 2.75) is 101 Å². The topological polar surface area (TPSA) is 108 Å². The van der Waals surface area contributed by atoms with E-state index in [0.717, 1.165) is 37.7 Å². The number of carbonyl (C=O) groups excluding carboxylic acids is 3. The Labute approximate surface area is 225 Å². The minimum atomic E-state index is -1.09. The Morgan fingerprint density at radius 3 is 2.53 bits per heavy atom. The standard InChI is InChI=1S/C30H43N3O5/c1-4-15-31-26(35)23-24-28(37)33(22(18-34)16-20-11-7-5-8-12-20)25(27(36)32-21-13-9-6-10-14-21)30(24)17-19(2)29(23,3)38-30/h5,7-8,11-12,19,21-25,34H,4,6,9-10,13-18H2,1-3H3,(H,31,35)(H,32,36)/t19?,22-,23+,24+,25?,29-,30?/m1/s1. The Morgan fingerprint density at radius 1 is 1.16 bits per heavy atom. The lowest BCUT2D eigenvalue weighted by Gasteiger charge is -2.38. The van der Waals surface area contributed by atoms with E-state index in [-0.39, 0.29) is 36.3 Å². The van der Waals surface area contributed by atoms with E-state index in [4.69, 9.17) is 4.74 Å². The molecule has 1 saturated carbocycles. The van der Waals surface area contributed by atoms with Gasteiger partial charge in [0.1, 0.15) is 11.6 Å². The monoisotopic (exact) mass is 525 g/mol. The highest BCUT2D eigenvalue weighted by Crippen LogP contribution is 2.65. The highest BCUT2D eigenvalue weighted by atomic mass is 16.5. The lowest BCUT2D eigenvalue weighted by atomic mass is 9.62. The normalized spacial score (nSPS) is 35.3. The highest BCUT2D eigenvalue weighted by molar-refractivity contribution is 5.99. The van der Waals surface area contributed by atoms with E-state index >= 15 is 0 Å². The maximum atomic E-state index is 14.4. The van der Waals surface area contributed by atoms with Gasteiger partial charge in [0, 0.05) is 12.6 Å². The lowest BCUT2D eigenvalue weighted by Crippen LogP contribution is -2.59. The van der Waals surface area contributed by atoms with Crippen molar-refractivity contribution in [3.05, 3.63) is 35.9 Å². The van der Waals surface area contributed by atoms with Crippen molar-refractivity contribution in [3.8, 4) is 0 Å². The second kappa shape index (κ2) is 10.6. The fourth-order valence-electron chi connectivity index (χ4n) is 7.79. The molecule has 8 nitrogen and oxygen atoms in total. The van der Waals surface area contributed by atoms with Crippen molar-refractivity contribution in [1.29, 1.82) is 0 Å². The molecule has 3 heterocycles. The number of amides is 3. The van der Waals surface area contributed by atoms with Gasteiger partial charge in [0.2, 0.25) is 17.7 Å². The molecule has 3 N–H and O–H groups in total. The first-order valence-electron chi connectivity index (χ1n) is 14.5. The number of carbonyl (C=O) groups is 3. The van der Waals surface area contributed by atoms with Crippen molar-refractivity contribution in [1.82, 2.24) is 15.5 Å². The number of benzene rings is 1. The van der Waals surface area contributed by atoms with Gasteiger partial charge < -0.3 is 25.4 Å². The van der Waals surface area contributed by atoms with Crippen LogP contribution in [0.2, 0.25) is 0 Å². The van der Waals surface area contributed by atoms with E-state index in [1.807, 2.05) is 44.2 Å². The summed E-state index contributed by atoms with van der Waals surface area (Å²) < 4.78 is 6.80. The molecular weight excluding hydrogens is 482 g/mol. The molecule has 8 heteroatoms. The molecule has 1 spiro atoms. The SMILES string of the molecule is CCCNC(=O)[C@@H]1[C@H]2C(=O)N([C@@H](CO)Cc3ccccc3)C(C(=O)NC3CCCCC3)C23CC(C)[C@@]1(C)O3. The Morgan fingerprint density at radius 2 is 1.87 bits per heavy atom. The third-order valence-electron chi connectivity index (χ3n) is 9.70. The number of fused-ring (bicyclic) bond motifs is 1. The number of ether oxygens (including phenoxy) is 1. The van der Waals surface area contributed by atoms with Gasteiger partial charge >= 0.3 is 0 Å². The average Bonchev–Trinajstić information content (AvgIpc) is 3.43. The number of aliphatic hydroxyl groups is 1. The molecule has 2 bridgehead atoms. The largest absolute Gasteiger partial charge is 0.394 e. The van der Waals surface area contributed by atoms with E-state index < -0.39 is 35.1 Å². The van der Waals surface area contributed by atoms with Crippen LogP contribution in [-0.2, 0) is 25.5 Å². The van der Waals surface area contributed by atoms with Crippen molar-refractivity contribution in [3.63, 3.8) is 0 Å². The Balaban J connectivity index is 1.54. The van der Waals surface area contributed by atoms with Gasteiger partial charge in [-0.1, -0.05) is 63.4 Å². The van der Waals surface area contributed by atoms with Crippen LogP contribution in [0.25, 0.3) is 0 Å². The zero-order valence-corrected chi connectivity index (χ0v) is 22.9. The fourth-order valence-corrected chi connectivity index (χ4v) is 7.79. The van der Waals surface area contributed by atoms with Crippen molar-refractivity contribution >= 4 is 17.7 Å². The predicted octanol–water partition coefficient (Wildman–Crippen LogP) is 2.58. The molecule has 3 aliphatic heterocycles. The summed E-state index contributed by atoms with van der Waals surface area (Å²) in [6.07, 6.45) is 6.90. The molecule has 3 saturated heterocycles. The smallest absolute Gasteiger partial charge is 0.246 e. The van der Waals surface area contributed by atoms with Crippen LogP contribution < -0.4 is 10.6 Å². The maximum absolute atomic E-state index is 14.4. The summed E-state index contributed by atoms with van der Waals surface area (Å²) in [5, 5.41) is 16.8. The molecule has 1 aromatic carbocycles. The summed E-state index contributed by atoms with van der Waals surface area (Å²) in [6.45, 7) is 6.23. The molecule has 7 atom stereocenters. The third kappa shape index (κ3) is 4.34. The van der Waals surface area contributed by atoms with E-state index in [1.54, 1.807) is 4.90 Å². The van der Waals surface area contributed by atoms with Gasteiger partial charge in [-0.25, -0.2) is 0 Å². The first kappa shape index (κ1) is 27.1. The van der Waals surface area contributed by atoms with Gasteiger partial charge in [0.05, 0.1) is 30.1 Å². The molecule has 1 aromatic rings. The number of likely N-dealkylation sites (tertiary alicyclic amines) is 1. The number of rotatable bonds is 9. The highest BCUT2D eigenvalue weighted by Gasteiger charge is 2.80. The molecule has 0 aromatic heterocycles. The average molecular weight is 526 g/mol. The Hall–Kier alpha value is -2.45. The number of hydrogen-bond acceptors (Lipinski definition) is 5. The van der Waals surface area contributed by atoms with Crippen molar-refractivity contribution < 1.29 is 24.2 Å². The molecular formula is C30H43N3O5. The summed E-state index contributed by atoms with van der Waals surface area (Å²) in [6, 6.07) is 8.29. The second-order valence-electron chi connectivity index (χ2n) is 12.1.